The van der Waals surface area contributed by atoms with E-state index in [1.54, 1.807) is 6.20 Å². The van der Waals surface area contributed by atoms with Crippen LogP contribution in [0.4, 0.5) is 11.6 Å². The molecule has 1 saturated heterocycles. The van der Waals surface area contributed by atoms with Crippen LogP contribution < -0.4 is 9.80 Å². The summed E-state index contributed by atoms with van der Waals surface area (Å²) in [6, 6.07) is 10.5. The van der Waals surface area contributed by atoms with Crippen LogP contribution in [-0.4, -0.2) is 41.4 Å². The van der Waals surface area contributed by atoms with Gasteiger partial charge >= 0.3 is 0 Å². The van der Waals surface area contributed by atoms with Gasteiger partial charge in [-0.3, -0.25) is 0 Å². The third-order valence-corrected chi connectivity index (χ3v) is 3.84. The maximum absolute atomic E-state index is 4.43. The molecule has 0 radical (unpaired) electrons. The first-order valence-electron chi connectivity index (χ1n) is 7.01. The molecule has 104 valence electrons. The van der Waals surface area contributed by atoms with Gasteiger partial charge in [0.05, 0.1) is 0 Å². The fourth-order valence-electron chi connectivity index (χ4n) is 2.69. The molecule has 0 bridgehead atoms. The normalized spacial score (nSPS) is 18.9. The van der Waals surface area contributed by atoms with Crippen molar-refractivity contribution >= 4 is 11.6 Å². The minimum atomic E-state index is 0.459. The van der Waals surface area contributed by atoms with Crippen molar-refractivity contribution in [2.24, 2.45) is 0 Å². The Morgan fingerprint density at radius 2 is 2.15 bits per heavy atom. The Morgan fingerprint density at radius 1 is 1.20 bits per heavy atom. The van der Waals surface area contributed by atoms with E-state index in [1.165, 1.54) is 12.8 Å². The van der Waals surface area contributed by atoms with Crippen molar-refractivity contribution in [2.75, 3.05) is 29.9 Å². The van der Waals surface area contributed by atoms with Gasteiger partial charge in [0, 0.05) is 38.6 Å². The van der Waals surface area contributed by atoms with Crippen LogP contribution in [0.25, 0.3) is 0 Å². The van der Waals surface area contributed by atoms with Crippen molar-refractivity contribution in [3.63, 3.8) is 0 Å². The minimum absolute atomic E-state index is 0.459. The van der Waals surface area contributed by atoms with Crippen LogP contribution in [0.1, 0.15) is 12.8 Å². The summed E-state index contributed by atoms with van der Waals surface area (Å²) in [6.45, 7) is 2.01. The fraction of sp³-hybridized carbons (Fsp3) is 0.400. The van der Waals surface area contributed by atoms with Gasteiger partial charge in [0.2, 0.25) is 0 Å². The molecule has 0 amide bonds. The highest BCUT2D eigenvalue weighted by Crippen LogP contribution is 2.22. The van der Waals surface area contributed by atoms with E-state index in [-0.39, 0.29) is 0 Å². The van der Waals surface area contributed by atoms with E-state index < -0.39 is 0 Å². The van der Waals surface area contributed by atoms with Crippen LogP contribution in [0.15, 0.2) is 42.7 Å². The number of piperidine rings is 1. The Morgan fingerprint density at radius 3 is 2.90 bits per heavy atom. The lowest BCUT2D eigenvalue weighted by Gasteiger charge is -2.38. The predicted octanol–water partition coefficient (Wildman–Crippen LogP) is 1.98. The molecule has 1 fully saturated rings. The smallest absolute Gasteiger partial charge is 0.151 e. The molecular formula is C15H19N5. The largest absolute Gasteiger partial charge is 0.355 e. The Bertz CT molecular complexity index is 493. The van der Waals surface area contributed by atoms with E-state index in [0.29, 0.717) is 6.04 Å². The van der Waals surface area contributed by atoms with Gasteiger partial charge in [-0.2, -0.15) is 5.10 Å². The highest BCUT2D eigenvalue weighted by Gasteiger charge is 2.24. The van der Waals surface area contributed by atoms with Gasteiger partial charge in [-0.1, -0.05) is 6.07 Å². The van der Waals surface area contributed by atoms with Crippen molar-refractivity contribution in [3.05, 3.63) is 42.7 Å². The summed E-state index contributed by atoms with van der Waals surface area (Å²) >= 11 is 0. The van der Waals surface area contributed by atoms with Crippen molar-refractivity contribution in [3.8, 4) is 0 Å². The average Bonchev–Trinajstić information content (AvgIpc) is 2.56. The van der Waals surface area contributed by atoms with Gasteiger partial charge in [0.15, 0.2) is 5.82 Å². The monoisotopic (exact) mass is 269 g/mol. The number of rotatable bonds is 3. The number of hydrogen-bond acceptors (Lipinski definition) is 5. The molecule has 20 heavy (non-hydrogen) atoms. The highest BCUT2D eigenvalue weighted by atomic mass is 15.3. The molecule has 5 nitrogen and oxygen atoms in total. The summed E-state index contributed by atoms with van der Waals surface area (Å²) in [5.74, 6) is 1.99. The summed E-state index contributed by atoms with van der Waals surface area (Å²) in [4.78, 5) is 9.00. The molecular weight excluding hydrogens is 250 g/mol. The maximum Gasteiger partial charge on any atom is 0.151 e. The Labute approximate surface area is 119 Å². The van der Waals surface area contributed by atoms with Crippen LogP contribution in [0, 0.1) is 0 Å². The summed E-state index contributed by atoms with van der Waals surface area (Å²) in [6.07, 6.45) is 5.91. The Balaban J connectivity index is 1.72. The molecule has 3 rings (SSSR count). The maximum atomic E-state index is 4.43. The topological polar surface area (TPSA) is 45.2 Å². The van der Waals surface area contributed by atoms with Crippen molar-refractivity contribution in [1.82, 2.24) is 15.2 Å². The highest BCUT2D eigenvalue weighted by molar-refractivity contribution is 5.42. The first kappa shape index (κ1) is 12.8. The predicted molar refractivity (Wildman–Crippen MR) is 79.9 cm³/mol. The van der Waals surface area contributed by atoms with Gasteiger partial charge in [-0.05, 0) is 37.1 Å². The Kier molecular flexibility index (Phi) is 3.76. The fourth-order valence-corrected chi connectivity index (χ4v) is 2.69. The molecule has 1 unspecified atom stereocenters. The van der Waals surface area contributed by atoms with Crippen LogP contribution in [0.3, 0.4) is 0 Å². The lowest BCUT2D eigenvalue weighted by molar-refractivity contribution is 0.482. The third-order valence-electron chi connectivity index (χ3n) is 3.84. The molecule has 1 aliphatic rings. The molecule has 0 aromatic carbocycles. The number of anilines is 2. The molecule has 1 aliphatic heterocycles. The number of nitrogens with zero attached hydrogens (tertiary/aromatic N) is 5. The molecule has 5 heteroatoms. The molecule has 2 aromatic rings. The van der Waals surface area contributed by atoms with Crippen molar-refractivity contribution < 1.29 is 0 Å². The second-order valence-corrected chi connectivity index (χ2v) is 5.12. The van der Waals surface area contributed by atoms with Gasteiger partial charge in [0.1, 0.15) is 5.82 Å². The van der Waals surface area contributed by atoms with Crippen LogP contribution in [0.2, 0.25) is 0 Å². The van der Waals surface area contributed by atoms with Crippen molar-refractivity contribution in [1.29, 1.82) is 0 Å². The number of likely N-dealkylation sites (N-methyl/N-ethyl adjacent to an activating group) is 1. The standard InChI is InChI=1S/C15H19N5/c1-19(14-7-2-3-9-16-14)13-6-5-11-20(12-13)15-8-4-10-17-18-15/h2-4,7-10,13H,5-6,11-12H2,1H3. The zero-order chi connectivity index (χ0) is 13.8. The van der Waals surface area contributed by atoms with Crippen LogP contribution in [0.5, 0.6) is 0 Å². The summed E-state index contributed by atoms with van der Waals surface area (Å²) < 4.78 is 0. The zero-order valence-corrected chi connectivity index (χ0v) is 11.7. The molecule has 1 atom stereocenters. The quantitative estimate of drug-likeness (QED) is 0.852. The molecule has 3 heterocycles. The zero-order valence-electron chi connectivity index (χ0n) is 11.7. The lowest BCUT2D eigenvalue weighted by atomic mass is 10.0. The first-order valence-corrected chi connectivity index (χ1v) is 7.01. The van der Waals surface area contributed by atoms with E-state index in [2.05, 4.69) is 38.1 Å². The van der Waals surface area contributed by atoms with E-state index in [1.807, 2.05) is 30.5 Å². The van der Waals surface area contributed by atoms with Gasteiger partial charge in [0.25, 0.3) is 0 Å². The van der Waals surface area contributed by atoms with Gasteiger partial charge < -0.3 is 9.80 Å². The van der Waals surface area contributed by atoms with E-state index >= 15 is 0 Å². The third kappa shape index (κ3) is 2.71. The minimum Gasteiger partial charge on any atom is -0.355 e. The molecule has 0 N–H and O–H groups in total. The molecule has 0 saturated carbocycles. The number of aromatic nitrogens is 3. The summed E-state index contributed by atoms with van der Waals surface area (Å²) in [7, 11) is 2.12. The van der Waals surface area contributed by atoms with Gasteiger partial charge in [-0.25, -0.2) is 4.98 Å². The average molecular weight is 269 g/mol. The molecule has 2 aromatic heterocycles. The van der Waals surface area contributed by atoms with Crippen molar-refractivity contribution in [2.45, 2.75) is 18.9 Å². The van der Waals surface area contributed by atoms with E-state index in [9.17, 15) is 0 Å². The summed E-state index contributed by atoms with van der Waals surface area (Å²) in [5.41, 5.74) is 0. The molecule has 0 aliphatic carbocycles. The second kappa shape index (κ2) is 5.86. The van der Waals surface area contributed by atoms with Crippen LogP contribution >= 0.6 is 0 Å². The molecule has 0 spiro atoms. The second-order valence-electron chi connectivity index (χ2n) is 5.12. The van der Waals surface area contributed by atoms with Crippen LogP contribution in [-0.2, 0) is 0 Å². The Hall–Kier alpha value is -2.17. The van der Waals surface area contributed by atoms with E-state index in [4.69, 9.17) is 0 Å². The van der Waals surface area contributed by atoms with E-state index in [0.717, 1.165) is 24.7 Å². The number of hydrogen-bond donors (Lipinski definition) is 0. The van der Waals surface area contributed by atoms with Gasteiger partial charge in [-0.15, -0.1) is 5.10 Å². The first-order chi connectivity index (χ1) is 9.84. The summed E-state index contributed by atoms with van der Waals surface area (Å²) in [5, 5.41) is 8.18. The lowest BCUT2D eigenvalue weighted by Crippen LogP contribution is -2.47. The number of pyridine rings is 1. The SMILES string of the molecule is CN(c1ccccn1)C1CCCN(c2cccnn2)C1.